The summed E-state index contributed by atoms with van der Waals surface area (Å²) in [7, 11) is 0. The third kappa shape index (κ3) is 3.18. The van der Waals surface area contributed by atoms with Gasteiger partial charge >= 0.3 is 6.18 Å². The Morgan fingerprint density at radius 1 is 1.11 bits per heavy atom. The predicted molar refractivity (Wildman–Crippen MR) is 66.5 cm³/mol. The van der Waals surface area contributed by atoms with Crippen LogP contribution in [0.25, 0.3) is 0 Å². The van der Waals surface area contributed by atoms with Gasteiger partial charge in [0, 0.05) is 12.2 Å². The molecule has 0 bridgehead atoms. The molecule has 1 aliphatic rings. The predicted octanol–water partition coefficient (Wildman–Crippen LogP) is 4.70. The van der Waals surface area contributed by atoms with Gasteiger partial charge in [0.25, 0.3) is 0 Å². The maximum absolute atomic E-state index is 12.4. The van der Waals surface area contributed by atoms with E-state index in [0.717, 1.165) is 24.4 Å². The van der Waals surface area contributed by atoms with E-state index in [1.54, 1.807) is 0 Å². The minimum atomic E-state index is -4.25. The van der Waals surface area contributed by atoms with Gasteiger partial charge in [0.05, 0.1) is 5.56 Å². The molecule has 1 aromatic carbocycles. The van der Waals surface area contributed by atoms with Crippen molar-refractivity contribution in [1.29, 1.82) is 0 Å². The first-order valence-corrected chi connectivity index (χ1v) is 6.30. The highest BCUT2D eigenvalue weighted by atomic mass is 19.4. The highest BCUT2D eigenvalue weighted by molar-refractivity contribution is 5.45. The fourth-order valence-corrected chi connectivity index (χ4v) is 2.50. The minimum absolute atomic E-state index is 0.294. The first kappa shape index (κ1) is 13.2. The Morgan fingerprint density at radius 2 is 1.67 bits per heavy atom. The molecule has 18 heavy (non-hydrogen) atoms. The SMILES string of the molecule is CC1(CNc2ccc(C(F)(F)F)cc2)CCCC1. The summed E-state index contributed by atoms with van der Waals surface area (Å²) in [6.45, 7) is 3.06. The highest BCUT2D eigenvalue weighted by Crippen LogP contribution is 2.37. The second-order valence-electron chi connectivity index (χ2n) is 5.45. The molecule has 1 N–H and O–H groups in total. The van der Waals surface area contributed by atoms with Crippen molar-refractivity contribution in [1.82, 2.24) is 0 Å². The number of benzene rings is 1. The van der Waals surface area contributed by atoms with E-state index in [9.17, 15) is 13.2 Å². The molecule has 0 amide bonds. The Kier molecular flexibility index (Phi) is 3.55. The minimum Gasteiger partial charge on any atom is -0.384 e. The number of anilines is 1. The van der Waals surface area contributed by atoms with Gasteiger partial charge in [-0.2, -0.15) is 13.2 Å². The molecule has 4 heteroatoms. The molecule has 1 aliphatic carbocycles. The van der Waals surface area contributed by atoms with E-state index >= 15 is 0 Å². The lowest BCUT2D eigenvalue weighted by Gasteiger charge is -2.24. The largest absolute Gasteiger partial charge is 0.416 e. The number of alkyl halides is 3. The lowest BCUT2D eigenvalue weighted by atomic mass is 9.89. The molecule has 0 unspecified atom stereocenters. The smallest absolute Gasteiger partial charge is 0.384 e. The normalized spacial score (nSPS) is 18.9. The molecular weight excluding hydrogens is 239 g/mol. The Bertz CT molecular complexity index is 388. The molecule has 0 heterocycles. The zero-order chi connectivity index (χ0) is 13.2. The molecule has 0 aromatic heterocycles. The van der Waals surface area contributed by atoms with Crippen LogP contribution in [-0.4, -0.2) is 6.54 Å². The molecule has 0 saturated heterocycles. The monoisotopic (exact) mass is 257 g/mol. The van der Waals surface area contributed by atoms with Gasteiger partial charge in [-0.15, -0.1) is 0 Å². The summed E-state index contributed by atoms with van der Waals surface area (Å²) in [6, 6.07) is 5.25. The standard InChI is InChI=1S/C14H18F3N/c1-13(8-2-3-9-13)10-18-12-6-4-11(5-7-12)14(15,16)17/h4-7,18H,2-3,8-10H2,1H3. The number of halogens is 3. The van der Waals surface area contributed by atoms with Crippen LogP contribution in [0.1, 0.15) is 38.2 Å². The number of nitrogens with one attached hydrogen (secondary N) is 1. The lowest BCUT2D eigenvalue weighted by Crippen LogP contribution is -2.22. The van der Waals surface area contributed by atoms with Gasteiger partial charge < -0.3 is 5.32 Å². The quantitative estimate of drug-likeness (QED) is 0.827. The maximum atomic E-state index is 12.4. The average molecular weight is 257 g/mol. The van der Waals surface area contributed by atoms with E-state index in [0.29, 0.717) is 5.41 Å². The van der Waals surface area contributed by atoms with E-state index in [4.69, 9.17) is 0 Å². The fraction of sp³-hybridized carbons (Fsp3) is 0.571. The van der Waals surface area contributed by atoms with Crippen molar-refractivity contribution in [3.63, 3.8) is 0 Å². The average Bonchev–Trinajstić information content (AvgIpc) is 2.74. The van der Waals surface area contributed by atoms with E-state index in [-0.39, 0.29) is 0 Å². The molecular formula is C14H18F3N. The van der Waals surface area contributed by atoms with Crippen LogP contribution in [0.3, 0.4) is 0 Å². The molecule has 1 nitrogen and oxygen atoms in total. The van der Waals surface area contributed by atoms with Gasteiger partial charge in [-0.3, -0.25) is 0 Å². The van der Waals surface area contributed by atoms with E-state index < -0.39 is 11.7 Å². The Labute approximate surface area is 105 Å². The van der Waals surface area contributed by atoms with Gasteiger partial charge in [0.2, 0.25) is 0 Å². The summed E-state index contributed by atoms with van der Waals surface area (Å²) >= 11 is 0. The Morgan fingerprint density at radius 3 is 2.17 bits per heavy atom. The summed E-state index contributed by atoms with van der Waals surface area (Å²) in [5, 5.41) is 3.24. The third-order valence-corrected chi connectivity index (χ3v) is 3.74. The molecule has 0 radical (unpaired) electrons. The van der Waals surface area contributed by atoms with Crippen LogP contribution in [0.2, 0.25) is 0 Å². The molecule has 1 fully saturated rings. The molecule has 0 atom stereocenters. The van der Waals surface area contributed by atoms with Gasteiger partial charge in [0.15, 0.2) is 0 Å². The van der Waals surface area contributed by atoms with E-state index in [1.807, 2.05) is 0 Å². The van der Waals surface area contributed by atoms with Gasteiger partial charge in [-0.25, -0.2) is 0 Å². The molecule has 1 aromatic rings. The zero-order valence-corrected chi connectivity index (χ0v) is 10.5. The first-order valence-electron chi connectivity index (χ1n) is 6.30. The third-order valence-electron chi connectivity index (χ3n) is 3.74. The van der Waals surface area contributed by atoms with Crippen molar-refractivity contribution >= 4 is 5.69 Å². The van der Waals surface area contributed by atoms with E-state index in [2.05, 4.69) is 12.2 Å². The second-order valence-corrected chi connectivity index (χ2v) is 5.45. The first-order chi connectivity index (χ1) is 8.39. The Balaban J connectivity index is 1.94. The molecule has 1 saturated carbocycles. The molecule has 100 valence electrons. The topological polar surface area (TPSA) is 12.0 Å². The summed E-state index contributed by atoms with van der Waals surface area (Å²) in [5.74, 6) is 0. The zero-order valence-electron chi connectivity index (χ0n) is 10.5. The number of hydrogen-bond donors (Lipinski definition) is 1. The summed E-state index contributed by atoms with van der Waals surface area (Å²) in [4.78, 5) is 0. The van der Waals surface area contributed by atoms with Crippen LogP contribution in [-0.2, 0) is 6.18 Å². The van der Waals surface area contributed by atoms with Crippen LogP contribution >= 0.6 is 0 Å². The van der Waals surface area contributed by atoms with Gasteiger partial charge in [0.1, 0.15) is 0 Å². The number of hydrogen-bond acceptors (Lipinski definition) is 1. The van der Waals surface area contributed by atoms with Crippen LogP contribution in [0.15, 0.2) is 24.3 Å². The van der Waals surface area contributed by atoms with Crippen molar-refractivity contribution in [3.05, 3.63) is 29.8 Å². The number of rotatable bonds is 3. The highest BCUT2D eigenvalue weighted by Gasteiger charge is 2.30. The second kappa shape index (κ2) is 4.82. The van der Waals surface area contributed by atoms with Crippen molar-refractivity contribution in [3.8, 4) is 0 Å². The summed E-state index contributed by atoms with van der Waals surface area (Å²) < 4.78 is 37.2. The van der Waals surface area contributed by atoms with Crippen LogP contribution in [0, 0.1) is 5.41 Å². The Hall–Kier alpha value is -1.19. The molecule has 0 aliphatic heterocycles. The lowest BCUT2D eigenvalue weighted by molar-refractivity contribution is -0.137. The van der Waals surface area contributed by atoms with Crippen molar-refractivity contribution in [2.24, 2.45) is 5.41 Å². The van der Waals surface area contributed by atoms with Crippen molar-refractivity contribution in [2.45, 2.75) is 38.8 Å². The van der Waals surface area contributed by atoms with Crippen molar-refractivity contribution < 1.29 is 13.2 Å². The molecule has 0 spiro atoms. The fourth-order valence-electron chi connectivity index (χ4n) is 2.50. The van der Waals surface area contributed by atoms with Crippen LogP contribution in [0.4, 0.5) is 18.9 Å². The summed E-state index contributed by atoms with van der Waals surface area (Å²) in [5.41, 5.74) is 0.458. The van der Waals surface area contributed by atoms with Crippen LogP contribution in [0.5, 0.6) is 0 Å². The van der Waals surface area contributed by atoms with Crippen molar-refractivity contribution in [2.75, 3.05) is 11.9 Å². The van der Waals surface area contributed by atoms with E-state index in [1.165, 1.54) is 37.8 Å². The van der Waals surface area contributed by atoms with Gasteiger partial charge in [-0.05, 0) is 42.5 Å². The summed E-state index contributed by atoms with van der Waals surface area (Å²) in [6.07, 6.45) is 0.646. The van der Waals surface area contributed by atoms with Crippen LogP contribution < -0.4 is 5.32 Å². The maximum Gasteiger partial charge on any atom is 0.416 e. The van der Waals surface area contributed by atoms with Gasteiger partial charge in [-0.1, -0.05) is 19.8 Å². The molecule has 2 rings (SSSR count).